The highest BCUT2D eigenvalue weighted by atomic mass is 32.1. The number of hydrogen-bond acceptors (Lipinski definition) is 4. The Bertz CT molecular complexity index is 658. The number of aromatic nitrogens is 2. The SMILES string of the molecule is CCOc1cccc2c1[nH]c(=S)n2CCN1CCOCC1. The lowest BCUT2D eigenvalue weighted by Gasteiger charge is -2.26. The summed E-state index contributed by atoms with van der Waals surface area (Å²) < 4.78 is 14.0. The number of H-pyrrole nitrogens is 1. The minimum Gasteiger partial charge on any atom is -0.492 e. The molecule has 5 nitrogen and oxygen atoms in total. The summed E-state index contributed by atoms with van der Waals surface area (Å²) in [4.78, 5) is 5.69. The van der Waals surface area contributed by atoms with E-state index in [1.54, 1.807) is 0 Å². The van der Waals surface area contributed by atoms with Crippen molar-refractivity contribution in [2.75, 3.05) is 39.5 Å². The average molecular weight is 307 g/mol. The molecule has 1 aliphatic rings. The van der Waals surface area contributed by atoms with E-state index in [1.807, 2.05) is 19.1 Å². The zero-order valence-electron chi connectivity index (χ0n) is 12.3. The summed E-state index contributed by atoms with van der Waals surface area (Å²) in [5, 5.41) is 0. The highest BCUT2D eigenvalue weighted by Crippen LogP contribution is 2.24. The molecule has 0 radical (unpaired) electrons. The van der Waals surface area contributed by atoms with Crippen molar-refractivity contribution < 1.29 is 9.47 Å². The quantitative estimate of drug-likeness (QED) is 0.862. The topological polar surface area (TPSA) is 42.4 Å². The highest BCUT2D eigenvalue weighted by molar-refractivity contribution is 7.71. The van der Waals surface area contributed by atoms with Crippen molar-refractivity contribution in [3.8, 4) is 5.75 Å². The van der Waals surface area contributed by atoms with Gasteiger partial charge in [-0.3, -0.25) is 4.90 Å². The molecule has 1 aromatic heterocycles. The lowest BCUT2D eigenvalue weighted by Crippen LogP contribution is -2.38. The van der Waals surface area contributed by atoms with E-state index in [0.717, 1.165) is 60.9 Å². The Labute approximate surface area is 129 Å². The first-order valence-corrected chi connectivity index (χ1v) is 7.85. The van der Waals surface area contributed by atoms with Crippen molar-refractivity contribution in [3.63, 3.8) is 0 Å². The molecule has 1 saturated heterocycles. The maximum atomic E-state index is 5.66. The molecule has 6 heteroatoms. The molecule has 0 saturated carbocycles. The van der Waals surface area contributed by atoms with Crippen LogP contribution in [-0.4, -0.2) is 53.9 Å². The van der Waals surface area contributed by atoms with E-state index >= 15 is 0 Å². The predicted molar refractivity (Wildman–Crippen MR) is 85.6 cm³/mol. The molecule has 1 aromatic carbocycles. The number of nitrogens with zero attached hydrogens (tertiary/aromatic N) is 2. The molecule has 0 unspecified atom stereocenters. The van der Waals surface area contributed by atoms with Crippen LogP contribution in [0.15, 0.2) is 18.2 Å². The Morgan fingerprint density at radius 1 is 1.29 bits per heavy atom. The fourth-order valence-electron chi connectivity index (χ4n) is 2.72. The van der Waals surface area contributed by atoms with Crippen LogP contribution in [-0.2, 0) is 11.3 Å². The molecule has 114 valence electrons. The zero-order chi connectivity index (χ0) is 14.7. The second kappa shape index (κ2) is 6.60. The van der Waals surface area contributed by atoms with Gasteiger partial charge in [0, 0.05) is 26.2 Å². The van der Waals surface area contributed by atoms with Crippen molar-refractivity contribution in [1.82, 2.24) is 14.5 Å². The number of fused-ring (bicyclic) bond motifs is 1. The van der Waals surface area contributed by atoms with Gasteiger partial charge in [-0.2, -0.15) is 0 Å². The number of hydrogen-bond donors (Lipinski definition) is 1. The average Bonchev–Trinajstić information content (AvgIpc) is 2.83. The van der Waals surface area contributed by atoms with Gasteiger partial charge in [0.2, 0.25) is 0 Å². The number of ether oxygens (including phenoxy) is 2. The van der Waals surface area contributed by atoms with Crippen LogP contribution in [0.1, 0.15) is 6.92 Å². The van der Waals surface area contributed by atoms with E-state index in [9.17, 15) is 0 Å². The summed E-state index contributed by atoms with van der Waals surface area (Å²) in [6.07, 6.45) is 0. The molecule has 1 N–H and O–H groups in total. The Morgan fingerprint density at radius 3 is 2.86 bits per heavy atom. The van der Waals surface area contributed by atoms with Crippen LogP contribution < -0.4 is 4.74 Å². The van der Waals surface area contributed by atoms with Gasteiger partial charge in [0.1, 0.15) is 11.3 Å². The number of para-hydroxylation sites is 1. The molecule has 0 aliphatic carbocycles. The van der Waals surface area contributed by atoms with Gasteiger partial charge in [0.25, 0.3) is 0 Å². The van der Waals surface area contributed by atoms with Crippen LogP contribution in [0, 0.1) is 4.77 Å². The summed E-state index contributed by atoms with van der Waals surface area (Å²) in [7, 11) is 0. The second-order valence-corrected chi connectivity index (χ2v) is 5.51. The maximum Gasteiger partial charge on any atom is 0.178 e. The molecule has 2 aromatic rings. The van der Waals surface area contributed by atoms with E-state index in [4.69, 9.17) is 21.7 Å². The van der Waals surface area contributed by atoms with Gasteiger partial charge < -0.3 is 19.0 Å². The Kier molecular flexibility index (Phi) is 4.57. The van der Waals surface area contributed by atoms with Crippen LogP contribution in [0.4, 0.5) is 0 Å². The monoisotopic (exact) mass is 307 g/mol. The summed E-state index contributed by atoms with van der Waals surface area (Å²) in [5.41, 5.74) is 2.10. The third-order valence-electron chi connectivity index (χ3n) is 3.82. The second-order valence-electron chi connectivity index (χ2n) is 5.12. The molecule has 0 atom stereocenters. The third-order valence-corrected chi connectivity index (χ3v) is 4.14. The fourth-order valence-corrected chi connectivity index (χ4v) is 3.01. The number of nitrogens with one attached hydrogen (secondary N) is 1. The Morgan fingerprint density at radius 2 is 2.10 bits per heavy atom. The van der Waals surface area contributed by atoms with Gasteiger partial charge >= 0.3 is 0 Å². The van der Waals surface area contributed by atoms with E-state index in [0.29, 0.717) is 6.61 Å². The molecule has 3 rings (SSSR count). The predicted octanol–water partition coefficient (Wildman–Crippen LogP) is 2.43. The third kappa shape index (κ3) is 3.12. The van der Waals surface area contributed by atoms with Gasteiger partial charge in [-0.1, -0.05) is 6.07 Å². The normalized spacial score (nSPS) is 16.4. The Balaban J connectivity index is 1.82. The first-order valence-electron chi connectivity index (χ1n) is 7.44. The lowest BCUT2D eigenvalue weighted by atomic mass is 10.3. The minimum absolute atomic E-state index is 0.651. The summed E-state index contributed by atoms with van der Waals surface area (Å²) in [6.45, 7) is 8.17. The summed E-state index contributed by atoms with van der Waals surface area (Å²) >= 11 is 5.47. The zero-order valence-corrected chi connectivity index (χ0v) is 13.1. The molecule has 0 spiro atoms. The molecule has 0 amide bonds. The molecule has 1 fully saturated rings. The minimum atomic E-state index is 0.651. The van der Waals surface area contributed by atoms with Crippen LogP contribution in [0.5, 0.6) is 5.75 Å². The van der Waals surface area contributed by atoms with Crippen LogP contribution >= 0.6 is 12.2 Å². The largest absolute Gasteiger partial charge is 0.492 e. The van der Waals surface area contributed by atoms with Crippen molar-refractivity contribution in [1.29, 1.82) is 0 Å². The van der Waals surface area contributed by atoms with E-state index in [1.165, 1.54) is 0 Å². The number of benzene rings is 1. The van der Waals surface area contributed by atoms with Crippen molar-refractivity contribution >= 4 is 23.3 Å². The summed E-state index contributed by atoms with van der Waals surface area (Å²) in [6, 6.07) is 6.08. The number of rotatable bonds is 5. The molecule has 2 heterocycles. The smallest absolute Gasteiger partial charge is 0.178 e. The van der Waals surface area contributed by atoms with Crippen molar-refractivity contribution in [3.05, 3.63) is 23.0 Å². The molecular weight excluding hydrogens is 286 g/mol. The first kappa shape index (κ1) is 14.6. The number of imidazole rings is 1. The first-order chi connectivity index (χ1) is 10.3. The number of aromatic amines is 1. The Hall–Kier alpha value is -1.37. The van der Waals surface area contributed by atoms with E-state index in [-0.39, 0.29) is 0 Å². The van der Waals surface area contributed by atoms with Gasteiger partial charge in [-0.15, -0.1) is 0 Å². The van der Waals surface area contributed by atoms with Crippen LogP contribution in [0.25, 0.3) is 11.0 Å². The molecule has 0 bridgehead atoms. The lowest BCUT2D eigenvalue weighted by molar-refractivity contribution is 0.0365. The van der Waals surface area contributed by atoms with E-state index in [2.05, 4.69) is 20.5 Å². The standard InChI is InChI=1S/C15H21N3O2S/c1-2-20-13-5-3-4-12-14(13)16-15(21)18(12)7-6-17-8-10-19-11-9-17/h3-5H,2,6-11H2,1H3,(H,16,21). The molecule has 21 heavy (non-hydrogen) atoms. The van der Waals surface area contributed by atoms with Gasteiger partial charge in [0.05, 0.1) is 25.3 Å². The van der Waals surface area contributed by atoms with E-state index < -0.39 is 0 Å². The van der Waals surface area contributed by atoms with Crippen LogP contribution in [0.2, 0.25) is 0 Å². The van der Waals surface area contributed by atoms with Crippen LogP contribution in [0.3, 0.4) is 0 Å². The van der Waals surface area contributed by atoms with Gasteiger partial charge in [0.15, 0.2) is 4.77 Å². The highest BCUT2D eigenvalue weighted by Gasteiger charge is 2.13. The van der Waals surface area contributed by atoms with Crippen molar-refractivity contribution in [2.24, 2.45) is 0 Å². The number of morpholine rings is 1. The fraction of sp³-hybridized carbons (Fsp3) is 0.533. The van der Waals surface area contributed by atoms with Crippen molar-refractivity contribution in [2.45, 2.75) is 13.5 Å². The molecule has 1 aliphatic heterocycles. The molecular formula is C15H21N3O2S. The maximum absolute atomic E-state index is 5.66. The summed E-state index contributed by atoms with van der Waals surface area (Å²) in [5.74, 6) is 0.867. The van der Waals surface area contributed by atoms with Gasteiger partial charge in [-0.05, 0) is 31.3 Å². The van der Waals surface area contributed by atoms with Gasteiger partial charge in [-0.25, -0.2) is 0 Å².